The summed E-state index contributed by atoms with van der Waals surface area (Å²) >= 11 is 5.98. The van der Waals surface area contributed by atoms with Crippen molar-refractivity contribution in [1.82, 2.24) is 19.7 Å². The molecule has 0 aliphatic rings. The molecule has 1 heterocycles. The van der Waals surface area contributed by atoms with Crippen molar-refractivity contribution >= 4 is 17.5 Å². The molecule has 0 atom stereocenters. The van der Waals surface area contributed by atoms with E-state index in [0.29, 0.717) is 28.1 Å². The Balaban J connectivity index is 1.55. The van der Waals surface area contributed by atoms with Crippen LogP contribution < -0.4 is 11.0 Å². The maximum Gasteiger partial charge on any atom is 0.347 e. The number of nitrogens with one attached hydrogen (secondary N) is 1. The normalized spacial score (nSPS) is 10.9. The van der Waals surface area contributed by atoms with E-state index in [0.717, 1.165) is 4.68 Å². The Bertz CT molecular complexity index is 1370. The fraction of sp³-hybridized carbons (Fsp3) is 0.160. The molecular weight excluding hydrogens is 462 g/mol. The van der Waals surface area contributed by atoms with E-state index in [9.17, 15) is 18.4 Å². The highest BCUT2D eigenvalue weighted by atomic mass is 35.5. The molecule has 0 aliphatic carbocycles. The van der Waals surface area contributed by atoms with Gasteiger partial charge < -0.3 is 5.32 Å². The number of aromatic nitrogens is 3. The number of hydrogen-bond donors (Lipinski definition) is 1. The van der Waals surface area contributed by atoms with Crippen molar-refractivity contribution in [2.24, 2.45) is 0 Å². The predicted octanol–water partition coefficient (Wildman–Crippen LogP) is 4.05. The highest BCUT2D eigenvalue weighted by molar-refractivity contribution is 6.30. The van der Waals surface area contributed by atoms with Gasteiger partial charge in [0.15, 0.2) is 5.82 Å². The summed E-state index contributed by atoms with van der Waals surface area (Å²) in [6, 6.07) is 19.2. The van der Waals surface area contributed by atoms with Gasteiger partial charge in [0.2, 0.25) is 5.91 Å². The molecule has 0 fully saturated rings. The van der Waals surface area contributed by atoms with Gasteiger partial charge in [0.05, 0.1) is 6.54 Å². The second-order valence-electron chi connectivity index (χ2n) is 7.64. The van der Waals surface area contributed by atoms with E-state index in [1.807, 2.05) is 0 Å². The third kappa shape index (κ3) is 5.40. The zero-order chi connectivity index (χ0) is 24.1. The maximum atomic E-state index is 14.3. The lowest BCUT2D eigenvalue weighted by Crippen LogP contribution is -2.34. The molecule has 174 valence electrons. The average molecular weight is 483 g/mol. The van der Waals surface area contributed by atoms with Crippen LogP contribution >= 0.6 is 11.6 Å². The summed E-state index contributed by atoms with van der Waals surface area (Å²) in [5.74, 6) is -0.955. The predicted molar refractivity (Wildman–Crippen MR) is 126 cm³/mol. The van der Waals surface area contributed by atoms with Crippen LogP contribution in [-0.2, 0) is 24.3 Å². The van der Waals surface area contributed by atoms with Crippen LogP contribution in [0.3, 0.4) is 0 Å². The first-order valence-corrected chi connectivity index (χ1v) is 11.0. The van der Waals surface area contributed by atoms with Crippen LogP contribution in [0, 0.1) is 11.6 Å². The minimum Gasteiger partial charge on any atom is -0.354 e. The standard InChI is InChI=1S/C25H21ClF2N4O2/c26-20-11-9-18(10-12-20)24-30-32(25(34)31(24)15-19-6-2-4-8-22(19)28)16-23(33)29-14-13-17-5-1-3-7-21(17)27/h1-12H,13-16H2,(H,29,33). The molecule has 0 saturated carbocycles. The summed E-state index contributed by atoms with van der Waals surface area (Å²) in [5, 5.41) is 7.53. The lowest BCUT2D eigenvalue weighted by molar-refractivity contribution is -0.121. The summed E-state index contributed by atoms with van der Waals surface area (Å²) in [7, 11) is 0. The second kappa shape index (κ2) is 10.4. The van der Waals surface area contributed by atoms with Gasteiger partial charge in [-0.15, -0.1) is 5.10 Å². The topological polar surface area (TPSA) is 68.9 Å². The highest BCUT2D eigenvalue weighted by Gasteiger charge is 2.18. The molecule has 0 bridgehead atoms. The molecule has 6 nitrogen and oxygen atoms in total. The summed E-state index contributed by atoms with van der Waals surface area (Å²) in [4.78, 5) is 25.6. The van der Waals surface area contributed by atoms with Gasteiger partial charge in [0.1, 0.15) is 18.2 Å². The summed E-state index contributed by atoms with van der Waals surface area (Å²) in [6.07, 6.45) is 0.311. The Morgan fingerprint density at radius 3 is 2.18 bits per heavy atom. The molecule has 0 radical (unpaired) electrons. The van der Waals surface area contributed by atoms with Gasteiger partial charge in [-0.05, 0) is 48.4 Å². The molecule has 0 spiro atoms. The molecule has 1 aromatic heterocycles. The van der Waals surface area contributed by atoms with E-state index in [-0.39, 0.29) is 31.3 Å². The van der Waals surface area contributed by atoms with Crippen molar-refractivity contribution in [3.63, 3.8) is 0 Å². The van der Waals surface area contributed by atoms with E-state index in [2.05, 4.69) is 10.4 Å². The number of halogens is 3. The molecule has 1 amide bonds. The molecule has 0 aliphatic heterocycles. The van der Waals surface area contributed by atoms with Crippen LogP contribution in [0.25, 0.3) is 11.4 Å². The maximum absolute atomic E-state index is 14.3. The fourth-order valence-corrected chi connectivity index (χ4v) is 3.65. The zero-order valence-electron chi connectivity index (χ0n) is 18.0. The monoisotopic (exact) mass is 482 g/mol. The van der Waals surface area contributed by atoms with Crippen molar-refractivity contribution in [3.05, 3.63) is 111 Å². The smallest absolute Gasteiger partial charge is 0.347 e. The van der Waals surface area contributed by atoms with Crippen LogP contribution in [0.2, 0.25) is 5.02 Å². The van der Waals surface area contributed by atoms with Crippen LogP contribution in [0.1, 0.15) is 11.1 Å². The third-order valence-corrected chi connectivity index (χ3v) is 5.53. The Morgan fingerprint density at radius 2 is 1.53 bits per heavy atom. The number of benzene rings is 3. The summed E-state index contributed by atoms with van der Waals surface area (Å²) < 4.78 is 30.4. The van der Waals surface area contributed by atoms with Crippen molar-refractivity contribution in [1.29, 1.82) is 0 Å². The Hall–Kier alpha value is -3.78. The number of carbonyl (C=O) groups excluding carboxylic acids is 1. The number of nitrogens with zero attached hydrogens (tertiary/aromatic N) is 3. The molecule has 34 heavy (non-hydrogen) atoms. The lowest BCUT2D eigenvalue weighted by atomic mass is 10.1. The van der Waals surface area contributed by atoms with Gasteiger partial charge in [-0.25, -0.2) is 18.3 Å². The van der Waals surface area contributed by atoms with Gasteiger partial charge in [-0.1, -0.05) is 48.0 Å². The first kappa shape index (κ1) is 23.4. The molecule has 0 unspecified atom stereocenters. The Kier molecular flexibility index (Phi) is 7.18. The Morgan fingerprint density at radius 1 is 0.912 bits per heavy atom. The molecular formula is C25H21ClF2N4O2. The minimum absolute atomic E-state index is 0.0572. The lowest BCUT2D eigenvalue weighted by Gasteiger charge is -2.07. The Labute approximate surface area is 199 Å². The van der Waals surface area contributed by atoms with Crippen molar-refractivity contribution < 1.29 is 13.6 Å². The first-order valence-electron chi connectivity index (χ1n) is 10.6. The second-order valence-corrected chi connectivity index (χ2v) is 8.08. The number of carbonyl (C=O) groups is 1. The van der Waals surface area contributed by atoms with Crippen molar-refractivity contribution in [2.75, 3.05) is 6.54 Å². The molecule has 0 saturated heterocycles. The van der Waals surface area contributed by atoms with Gasteiger partial charge in [0.25, 0.3) is 0 Å². The SMILES string of the molecule is O=C(Cn1nc(-c2ccc(Cl)cc2)n(Cc2ccccc2F)c1=O)NCCc1ccccc1F. The third-order valence-electron chi connectivity index (χ3n) is 5.28. The molecule has 9 heteroatoms. The number of amides is 1. The van der Waals surface area contributed by atoms with Crippen molar-refractivity contribution in [3.8, 4) is 11.4 Å². The molecule has 1 N–H and O–H groups in total. The van der Waals surface area contributed by atoms with Crippen LogP contribution in [0.5, 0.6) is 0 Å². The number of rotatable bonds is 8. The van der Waals surface area contributed by atoms with E-state index >= 15 is 0 Å². The summed E-state index contributed by atoms with van der Waals surface area (Å²) in [5.41, 5.74) is 0.835. The van der Waals surface area contributed by atoms with Gasteiger partial charge in [-0.3, -0.25) is 9.36 Å². The number of hydrogen-bond acceptors (Lipinski definition) is 3. The van der Waals surface area contributed by atoms with E-state index in [1.54, 1.807) is 60.7 Å². The van der Waals surface area contributed by atoms with Crippen LogP contribution in [0.15, 0.2) is 77.6 Å². The zero-order valence-corrected chi connectivity index (χ0v) is 18.8. The fourth-order valence-electron chi connectivity index (χ4n) is 3.53. The van der Waals surface area contributed by atoms with Gasteiger partial charge in [0, 0.05) is 22.7 Å². The van der Waals surface area contributed by atoms with Crippen molar-refractivity contribution in [2.45, 2.75) is 19.5 Å². The van der Waals surface area contributed by atoms with E-state index in [4.69, 9.17) is 11.6 Å². The van der Waals surface area contributed by atoms with E-state index in [1.165, 1.54) is 16.7 Å². The molecule has 4 aromatic rings. The molecule has 3 aromatic carbocycles. The van der Waals surface area contributed by atoms with Gasteiger partial charge >= 0.3 is 5.69 Å². The van der Waals surface area contributed by atoms with Crippen LogP contribution in [-0.4, -0.2) is 26.8 Å². The quantitative estimate of drug-likeness (QED) is 0.412. The minimum atomic E-state index is -0.558. The van der Waals surface area contributed by atoms with Crippen LogP contribution in [0.4, 0.5) is 8.78 Å². The average Bonchev–Trinajstić information content (AvgIpc) is 3.12. The summed E-state index contributed by atoms with van der Waals surface area (Å²) in [6.45, 7) is -0.187. The van der Waals surface area contributed by atoms with E-state index < -0.39 is 17.4 Å². The largest absolute Gasteiger partial charge is 0.354 e. The molecule has 4 rings (SSSR count). The first-order chi connectivity index (χ1) is 16.4. The van der Waals surface area contributed by atoms with Gasteiger partial charge in [-0.2, -0.15) is 0 Å². The highest BCUT2D eigenvalue weighted by Crippen LogP contribution is 2.20.